The molecule has 0 bridgehead atoms. The second-order valence-corrected chi connectivity index (χ2v) is 9.05. The lowest BCUT2D eigenvalue weighted by molar-refractivity contribution is -0.120. The van der Waals surface area contributed by atoms with Gasteiger partial charge < -0.3 is 10.6 Å². The average molecular weight is 435 g/mol. The Morgan fingerprint density at radius 3 is 2.34 bits per heavy atom. The van der Waals surface area contributed by atoms with E-state index >= 15 is 0 Å². The summed E-state index contributed by atoms with van der Waals surface area (Å²) in [7, 11) is 0. The molecule has 0 aromatic heterocycles. The number of amides is 2. The van der Waals surface area contributed by atoms with Crippen LogP contribution in [0.25, 0.3) is 0 Å². The largest absolute Gasteiger partial charge is 0.326 e. The molecule has 154 valence electrons. The highest BCUT2D eigenvalue weighted by molar-refractivity contribution is 8.00. The minimum absolute atomic E-state index is 0.0334. The summed E-state index contributed by atoms with van der Waals surface area (Å²) in [5.41, 5.74) is 1.22. The summed E-state index contributed by atoms with van der Waals surface area (Å²) in [5, 5.41) is 5.33. The van der Waals surface area contributed by atoms with Gasteiger partial charge in [-0.15, -0.1) is 11.8 Å². The summed E-state index contributed by atoms with van der Waals surface area (Å²) in [6.07, 6.45) is 5.39. The number of thioether (sulfide) groups is 1. The van der Waals surface area contributed by atoms with E-state index in [1.165, 1.54) is 36.4 Å². The molecule has 2 aromatic rings. The highest BCUT2D eigenvalue weighted by Gasteiger charge is 2.21. The fraction of sp³-hybridized carbons (Fsp3) is 0.364. The van der Waals surface area contributed by atoms with Crippen LogP contribution in [0.4, 0.5) is 15.8 Å². The van der Waals surface area contributed by atoms with Crippen LogP contribution in [0, 0.1) is 11.7 Å². The molecular formula is C22H24ClFN2O2S. The first-order valence-corrected chi connectivity index (χ1v) is 11.0. The highest BCUT2D eigenvalue weighted by Crippen LogP contribution is 2.28. The van der Waals surface area contributed by atoms with Gasteiger partial charge >= 0.3 is 0 Å². The number of nitrogens with one attached hydrogen (secondary N) is 2. The van der Waals surface area contributed by atoms with Gasteiger partial charge in [-0.3, -0.25) is 9.59 Å². The van der Waals surface area contributed by atoms with Crippen LogP contribution in [0.5, 0.6) is 0 Å². The molecule has 7 heteroatoms. The molecule has 4 nitrogen and oxygen atoms in total. The zero-order valence-corrected chi connectivity index (χ0v) is 17.8. The SMILES string of the molecule is CC(Sc1ccc(NC(=O)C2CCCCC2)cc1)C(=O)Nc1ccc(F)c(Cl)c1. The van der Waals surface area contributed by atoms with E-state index in [-0.39, 0.29) is 28.0 Å². The van der Waals surface area contributed by atoms with Crippen molar-refractivity contribution in [2.24, 2.45) is 5.92 Å². The fourth-order valence-corrected chi connectivity index (χ4v) is 4.35. The smallest absolute Gasteiger partial charge is 0.237 e. The molecule has 3 rings (SSSR count). The predicted molar refractivity (Wildman–Crippen MR) is 117 cm³/mol. The molecule has 1 aliphatic carbocycles. The molecule has 0 saturated heterocycles. The number of anilines is 2. The van der Waals surface area contributed by atoms with Crippen molar-refractivity contribution in [2.75, 3.05) is 10.6 Å². The van der Waals surface area contributed by atoms with Gasteiger partial charge in [0.05, 0.1) is 10.3 Å². The Kier molecular flexibility index (Phi) is 7.56. The first kappa shape index (κ1) is 21.7. The number of carbonyl (C=O) groups is 2. The second-order valence-electron chi connectivity index (χ2n) is 7.23. The third-order valence-electron chi connectivity index (χ3n) is 4.97. The van der Waals surface area contributed by atoms with Gasteiger partial charge in [-0.05, 0) is 62.2 Å². The molecule has 2 aromatic carbocycles. The van der Waals surface area contributed by atoms with Gasteiger partial charge in [0.1, 0.15) is 5.82 Å². The Morgan fingerprint density at radius 1 is 1.03 bits per heavy atom. The van der Waals surface area contributed by atoms with Crippen molar-refractivity contribution >= 4 is 46.6 Å². The van der Waals surface area contributed by atoms with E-state index in [2.05, 4.69) is 10.6 Å². The van der Waals surface area contributed by atoms with Crippen molar-refractivity contribution in [3.8, 4) is 0 Å². The lowest BCUT2D eigenvalue weighted by atomic mass is 9.88. The van der Waals surface area contributed by atoms with Crippen LogP contribution in [0.15, 0.2) is 47.4 Å². The Labute approximate surface area is 179 Å². The van der Waals surface area contributed by atoms with Gasteiger partial charge in [0, 0.05) is 22.2 Å². The first-order chi connectivity index (χ1) is 13.9. The van der Waals surface area contributed by atoms with Crippen molar-refractivity contribution in [1.29, 1.82) is 0 Å². The van der Waals surface area contributed by atoms with Gasteiger partial charge in [0.25, 0.3) is 0 Å². The van der Waals surface area contributed by atoms with E-state index in [4.69, 9.17) is 11.6 Å². The minimum atomic E-state index is -0.525. The quantitative estimate of drug-likeness (QED) is 0.538. The molecule has 1 fully saturated rings. The monoisotopic (exact) mass is 434 g/mol. The highest BCUT2D eigenvalue weighted by atomic mass is 35.5. The molecule has 1 saturated carbocycles. The van der Waals surface area contributed by atoms with Crippen molar-refractivity contribution in [1.82, 2.24) is 0 Å². The molecule has 0 radical (unpaired) electrons. The summed E-state index contributed by atoms with van der Waals surface area (Å²) in [6, 6.07) is 11.6. The topological polar surface area (TPSA) is 58.2 Å². The van der Waals surface area contributed by atoms with E-state index in [9.17, 15) is 14.0 Å². The molecule has 1 unspecified atom stereocenters. The van der Waals surface area contributed by atoms with E-state index in [0.29, 0.717) is 5.69 Å². The third-order valence-corrected chi connectivity index (χ3v) is 6.37. The van der Waals surface area contributed by atoms with Gasteiger partial charge in [-0.25, -0.2) is 4.39 Å². The van der Waals surface area contributed by atoms with Crippen molar-refractivity contribution in [3.63, 3.8) is 0 Å². The summed E-state index contributed by atoms with van der Waals surface area (Å²) in [5.74, 6) is -0.521. The Bertz CT molecular complexity index is 870. The predicted octanol–water partition coefficient (Wildman–Crippen LogP) is 6.12. The Morgan fingerprint density at radius 2 is 1.69 bits per heavy atom. The Balaban J connectivity index is 1.52. The summed E-state index contributed by atoms with van der Waals surface area (Å²) < 4.78 is 13.2. The molecule has 2 N–H and O–H groups in total. The van der Waals surface area contributed by atoms with E-state index < -0.39 is 5.82 Å². The maximum Gasteiger partial charge on any atom is 0.237 e. The van der Waals surface area contributed by atoms with Crippen molar-refractivity contribution in [3.05, 3.63) is 53.3 Å². The van der Waals surface area contributed by atoms with E-state index in [0.717, 1.165) is 36.3 Å². The number of carbonyl (C=O) groups excluding carboxylic acids is 2. The van der Waals surface area contributed by atoms with Gasteiger partial charge in [0.15, 0.2) is 0 Å². The van der Waals surface area contributed by atoms with Crippen molar-refractivity contribution in [2.45, 2.75) is 49.2 Å². The normalized spacial score (nSPS) is 15.6. The summed E-state index contributed by atoms with van der Waals surface area (Å²) in [4.78, 5) is 25.6. The molecular weight excluding hydrogens is 411 g/mol. The number of hydrogen-bond donors (Lipinski definition) is 2. The maximum atomic E-state index is 13.2. The fourth-order valence-electron chi connectivity index (χ4n) is 3.30. The number of benzene rings is 2. The maximum absolute atomic E-state index is 13.2. The van der Waals surface area contributed by atoms with Crippen LogP contribution in [-0.2, 0) is 9.59 Å². The third kappa shape index (κ3) is 6.21. The van der Waals surface area contributed by atoms with Gasteiger partial charge in [0.2, 0.25) is 11.8 Å². The van der Waals surface area contributed by atoms with Crippen LogP contribution >= 0.6 is 23.4 Å². The molecule has 29 heavy (non-hydrogen) atoms. The number of halogens is 2. The summed E-state index contributed by atoms with van der Waals surface area (Å²) in [6.45, 7) is 1.80. The second kappa shape index (κ2) is 10.1. The lowest BCUT2D eigenvalue weighted by Crippen LogP contribution is -2.24. The molecule has 0 heterocycles. The zero-order chi connectivity index (χ0) is 20.8. The molecule has 1 atom stereocenters. The van der Waals surface area contributed by atoms with Crippen LogP contribution in [0.3, 0.4) is 0 Å². The first-order valence-electron chi connectivity index (χ1n) is 9.76. The van der Waals surface area contributed by atoms with E-state index in [1.807, 2.05) is 24.3 Å². The molecule has 0 aliphatic heterocycles. The van der Waals surface area contributed by atoms with Crippen LogP contribution in [0.1, 0.15) is 39.0 Å². The zero-order valence-electron chi connectivity index (χ0n) is 16.2. The average Bonchev–Trinajstić information content (AvgIpc) is 2.72. The molecule has 1 aliphatic rings. The lowest BCUT2D eigenvalue weighted by Gasteiger charge is -2.20. The van der Waals surface area contributed by atoms with Gasteiger partial charge in [-0.1, -0.05) is 30.9 Å². The number of rotatable bonds is 6. The molecule has 0 spiro atoms. The van der Waals surface area contributed by atoms with E-state index in [1.54, 1.807) is 6.92 Å². The standard InChI is InChI=1S/C22H24ClFN2O2S/c1-14(21(27)26-17-9-12-20(24)19(23)13-17)29-18-10-7-16(8-11-18)25-22(28)15-5-3-2-4-6-15/h7-15H,2-6H2,1H3,(H,25,28)(H,26,27). The Hall–Kier alpha value is -2.05. The van der Waals surface area contributed by atoms with Gasteiger partial charge in [-0.2, -0.15) is 0 Å². The van der Waals surface area contributed by atoms with Crippen LogP contribution in [-0.4, -0.2) is 17.1 Å². The van der Waals surface area contributed by atoms with Crippen molar-refractivity contribution < 1.29 is 14.0 Å². The number of hydrogen-bond acceptors (Lipinski definition) is 3. The minimum Gasteiger partial charge on any atom is -0.326 e. The van der Waals surface area contributed by atoms with Crippen LogP contribution in [0.2, 0.25) is 5.02 Å². The summed E-state index contributed by atoms with van der Waals surface area (Å²) >= 11 is 7.15. The van der Waals surface area contributed by atoms with Crippen LogP contribution < -0.4 is 10.6 Å². The molecule has 2 amide bonds.